The van der Waals surface area contributed by atoms with E-state index in [1.54, 1.807) is 12.3 Å². The molecule has 0 aliphatic carbocycles. The van der Waals surface area contributed by atoms with E-state index < -0.39 is 5.82 Å². The van der Waals surface area contributed by atoms with Crippen LogP contribution in [0, 0.1) is 5.82 Å². The van der Waals surface area contributed by atoms with E-state index in [2.05, 4.69) is 14.9 Å². The van der Waals surface area contributed by atoms with E-state index in [0.717, 1.165) is 31.8 Å². The highest BCUT2D eigenvalue weighted by atomic mass is 19.1. The molecule has 2 heterocycles. The zero-order chi connectivity index (χ0) is 14.8. The summed E-state index contributed by atoms with van der Waals surface area (Å²) in [6.45, 7) is 2.99. The van der Waals surface area contributed by atoms with Crippen molar-refractivity contribution in [2.45, 2.75) is 25.7 Å². The van der Waals surface area contributed by atoms with Crippen molar-refractivity contribution < 1.29 is 9.18 Å². The van der Waals surface area contributed by atoms with Crippen molar-refractivity contribution >= 4 is 11.5 Å². The number of rotatable bonds is 3. The van der Waals surface area contributed by atoms with Crippen LogP contribution < -0.4 is 4.90 Å². The molecule has 1 unspecified atom stereocenters. The highest BCUT2D eigenvalue weighted by Gasteiger charge is 2.26. The first kappa shape index (κ1) is 13.8. The van der Waals surface area contributed by atoms with Gasteiger partial charge in [0.15, 0.2) is 5.78 Å². The largest absolute Gasteiger partial charge is 0.370 e. The van der Waals surface area contributed by atoms with Gasteiger partial charge in [-0.25, -0.2) is 9.37 Å². The van der Waals surface area contributed by atoms with E-state index in [9.17, 15) is 9.18 Å². The highest BCUT2D eigenvalue weighted by molar-refractivity contribution is 6.00. The van der Waals surface area contributed by atoms with Gasteiger partial charge < -0.3 is 9.88 Å². The Balaban J connectivity index is 1.90. The Labute approximate surface area is 123 Å². The van der Waals surface area contributed by atoms with Gasteiger partial charge in [-0.15, -0.1) is 0 Å². The van der Waals surface area contributed by atoms with Gasteiger partial charge in [0.25, 0.3) is 0 Å². The van der Waals surface area contributed by atoms with Gasteiger partial charge in [-0.05, 0) is 31.9 Å². The molecule has 3 rings (SSSR count). The Bertz CT molecular complexity index is 639. The van der Waals surface area contributed by atoms with Crippen LogP contribution >= 0.6 is 0 Å². The number of aromatic amines is 1. The Kier molecular flexibility index (Phi) is 3.73. The highest BCUT2D eigenvalue weighted by Crippen LogP contribution is 2.31. The number of Topliss-reactive ketones (excluding diaryl/α,β-unsaturated/α-hetero) is 1. The van der Waals surface area contributed by atoms with Crippen LogP contribution in [0.15, 0.2) is 30.6 Å². The van der Waals surface area contributed by atoms with E-state index in [1.165, 1.54) is 13.0 Å². The van der Waals surface area contributed by atoms with Gasteiger partial charge in [0.05, 0.1) is 11.3 Å². The summed E-state index contributed by atoms with van der Waals surface area (Å²) in [6.07, 6.45) is 5.61. The van der Waals surface area contributed by atoms with Crippen LogP contribution in [0.5, 0.6) is 0 Å². The maximum absolute atomic E-state index is 14.0. The van der Waals surface area contributed by atoms with Crippen molar-refractivity contribution in [3.05, 3.63) is 47.8 Å². The lowest BCUT2D eigenvalue weighted by molar-refractivity contribution is 0.101. The number of carbonyl (C=O) groups excluding carboxylic acids is 1. The van der Waals surface area contributed by atoms with E-state index in [4.69, 9.17) is 0 Å². The van der Waals surface area contributed by atoms with Crippen molar-refractivity contribution in [1.29, 1.82) is 0 Å². The van der Waals surface area contributed by atoms with E-state index in [-0.39, 0.29) is 17.3 Å². The number of carbonyl (C=O) groups is 1. The zero-order valence-corrected chi connectivity index (χ0v) is 12.0. The van der Waals surface area contributed by atoms with Crippen molar-refractivity contribution in [2.75, 3.05) is 18.0 Å². The topological polar surface area (TPSA) is 49.0 Å². The van der Waals surface area contributed by atoms with Crippen LogP contribution in [0.4, 0.5) is 10.1 Å². The minimum atomic E-state index is -0.444. The standard InChI is InChI=1S/C16H18FN3O/c1-11(21)15-13(17)5-2-6-14(15)20-9-3-4-12(10-20)16-18-7-8-19-16/h2,5-8,12H,3-4,9-10H2,1H3,(H,18,19). The van der Waals surface area contributed by atoms with E-state index in [1.807, 2.05) is 12.3 Å². The predicted molar refractivity (Wildman–Crippen MR) is 79.2 cm³/mol. The Morgan fingerprint density at radius 2 is 2.33 bits per heavy atom. The fourth-order valence-electron chi connectivity index (χ4n) is 3.04. The molecular weight excluding hydrogens is 269 g/mol. The molecular formula is C16H18FN3O. The fraction of sp³-hybridized carbons (Fsp3) is 0.375. The molecule has 21 heavy (non-hydrogen) atoms. The SMILES string of the molecule is CC(=O)c1c(F)cccc1N1CCCC(c2ncc[nH]2)C1. The molecule has 0 amide bonds. The molecule has 5 heteroatoms. The number of imidazole rings is 1. The van der Waals surface area contributed by atoms with Crippen LogP contribution in [0.1, 0.15) is 41.9 Å². The number of halogens is 1. The van der Waals surface area contributed by atoms with Gasteiger partial charge in [0, 0.05) is 31.4 Å². The van der Waals surface area contributed by atoms with Crippen LogP contribution in [-0.4, -0.2) is 28.8 Å². The van der Waals surface area contributed by atoms with Gasteiger partial charge in [0.2, 0.25) is 0 Å². The molecule has 1 atom stereocenters. The molecule has 0 spiro atoms. The molecule has 1 aliphatic rings. The molecule has 0 bridgehead atoms. The number of nitrogens with one attached hydrogen (secondary N) is 1. The maximum Gasteiger partial charge on any atom is 0.164 e. The number of nitrogens with zero attached hydrogens (tertiary/aromatic N) is 2. The van der Waals surface area contributed by atoms with Crippen LogP contribution in [-0.2, 0) is 0 Å². The second-order valence-electron chi connectivity index (χ2n) is 5.45. The van der Waals surface area contributed by atoms with Gasteiger partial charge in [-0.1, -0.05) is 6.07 Å². The number of benzene rings is 1. The zero-order valence-electron chi connectivity index (χ0n) is 12.0. The molecule has 1 saturated heterocycles. The van der Waals surface area contributed by atoms with Crippen LogP contribution in [0.2, 0.25) is 0 Å². The molecule has 0 saturated carbocycles. The average Bonchev–Trinajstić information content (AvgIpc) is 3.01. The third-order valence-corrected chi connectivity index (χ3v) is 4.01. The molecule has 1 aromatic heterocycles. The van der Waals surface area contributed by atoms with Gasteiger partial charge in [-0.3, -0.25) is 4.79 Å². The number of H-pyrrole nitrogens is 1. The number of hydrogen-bond donors (Lipinski definition) is 1. The van der Waals surface area contributed by atoms with Crippen molar-refractivity contribution in [2.24, 2.45) is 0 Å². The minimum Gasteiger partial charge on any atom is -0.370 e. The summed E-state index contributed by atoms with van der Waals surface area (Å²) < 4.78 is 14.0. The smallest absolute Gasteiger partial charge is 0.164 e. The summed E-state index contributed by atoms with van der Waals surface area (Å²) in [5, 5.41) is 0. The molecule has 1 aliphatic heterocycles. The second-order valence-corrected chi connectivity index (χ2v) is 5.45. The molecule has 1 fully saturated rings. The summed E-state index contributed by atoms with van der Waals surface area (Å²) in [6, 6.07) is 4.83. The number of ketones is 1. The molecule has 1 aromatic carbocycles. The Morgan fingerprint density at radius 1 is 1.48 bits per heavy atom. The Morgan fingerprint density at radius 3 is 3.05 bits per heavy atom. The van der Waals surface area contributed by atoms with Crippen molar-refractivity contribution in [3.8, 4) is 0 Å². The third kappa shape index (κ3) is 2.68. The van der Waals surface area contributed by atoms with Gasteiger partial charge >= 0.3 is 0 Å². The molecule has 110 valence electrons. The molecule has 1 N–H and O–H groups in total. The molecule has 4 nitrogen and oxygen atoms in total. The summed E-state index contributed by atoms with van der Waals surface area (Å²) in [7, 11) is 0. The predicted octanol–water partition coefficient (Wildman–Crippen LogP) is 3.14. The van der Waals surface area contributed by atoms with E-state index in [0.29, 0.717) is 5.69 Å². The van der Waals surface area contributed by atoms with Crippen LogP contribution in [0.25, 0.3) is 0 Å². The lowest BCUT2D eigenvalue weighted by atomic mass is 9.95. The first-order chi connectivity index (χ1) is 10.2. The van der Waals surface area contributed by atoms with Gasteiger partial charge in [0.1, 0.15) is 11.6 Å². The van der Waals surface area contributed by atoms with Crippen molar-refractivity contribution in [1.82, 2.24) is 9.97 Å². The number of piperidine rings is 1. The minimum absolute atomic E-state index is 0.192. The lowest BCUT2D eigenvalue weighted by Crippen LogP contribution is -2.35. The summed E-state index contributed by atoms with van der Waals surface area (Å²) in [4.78, 5) is 21.3. The van der Waals surface area contributed by atoms with Gasteiger partial charge in [-0.2, -0.15) is 0 Å². The molecule has 2 aromatic rings. The number of aromatic nitrogens is 2. The quantitative estimate of drug-likeness (QED) is 0.882. The molecule has 0 radical (unpaired) electrons. The average molecular weight is 287 g/mol. The summed E-state index contributed by atoms with van der Waals surface area (Å²) >= 11 is 0. The normalized spacial score (nSPS) is 18.8. The summed E-state index contributed by atoms with van der Waals surface area (Å²) in [5.74, 6) is 0.570. The Hall–Kier alpha value is -2.17. The fourth-order valence-corrected chi connectivity index (χ4v) is 3.04. The monoisotopic (exact) mass is 287 g/mol. The lowest BCUT2D eigenvalue weighted by Gasteiger charge is -2.34. The summed E-state index contributed by atoms with van der Waals surface area (Å²) in [5.41, 5.74) is 0.886. The van der Waals surface area contributed by atoms with E-state index >= 15 is 0 Å². The first-order valence-corrected chi connectivity index (χ1v) is 7.20. The maximum atomic E-state index is 14.0. The van der Waals surface area contributed by atoms with Crippen LogP contribution in [0.3, 0.4) is 0 Å². The third-order valence-electron chi connectivity index (χ3n) is 4.01. The number of hydrogen-bond acceptors (Lipinski definition) is 3. The number of anilines is 1. The second kappa shape index (κ2) is 5.68. The first-order valence-electron chi connectivity index (χ1n) is 7.20. The van der Waals surface area contributed by atoms with Crippen molar-refractivity contribution in [3.63, 3.8) is 0 Å².